The van der Waals surface area contributed by atoms with Crippen LogP contribution in [0, 0.1) is 5.82 Å². The topological polar surface area (TPSA) is 155 Å². The molecule has 0 saturated heterocycles. The first kappa shape index (κ1) is 29.8. The third-order valence-corrected chi connectivity index (χ3v) is 6.31. The Bertz CT molecular complexity index is 1400. The van der Waals surface area contributed by atoms with Gasteiger partial charge in [0.1, 0.15) is 48.4 Å². The maximum atomic E-state index is 13.2. The largest absolute Gasteiger partial charge is 0.508 e. The summed E-state index contributed by atoms with van der Waals surface area (Å²) >= 11 is 0. The Labute approximate surface area is 241 Å². The first-order valence-electron chi connectivity index (χ1n) is 13.3. The summed E-state index contributed by atoms with van der Waals surface area (Å²) in [6.45, 7) is 0.251. The minimum Gasteiger partial charge on any atom is -0.508 e. The Morgan fingerprint density at radius 3 is 2.50 bits per heavy atom. The predicted octanol–water partition coefficient (Wildman–Crippen LogP) is 1.45. The van der Waals surface area contributed by atoms with E-state index in [4.69, 9.17) is 9.47 Å². The van der Waals surface area contributed by atoms with Gasteiger partial charge in [0.05, 0.1) is 25.1 Å². The van der Waals surface area contributed by atoms with Crippen LogP contribution in [-0.2, 0) is 20.8 Å². The number of fused-ring (bicyclic) bond motifs is 1. The third kappa shape index (κ3) is 8.68. The molecule has 1 aliphatic rings. The smallest absolute Gasteiger partial charge is 0.255 e. The van der Waals surface area contributed by atoms with Gasteiger partial charge < -0.3 is 35.8 Å². The fourth-order valence-electron chi connectivity index (χ4n) is 4.20. The number of hydrogen-bond donors (Lipinski definition) is 5. The van der Waals surface area contributed by atoms with Gasteiger partial charge in [-0.05, 0) is 54.1 Å². The van der Waals surface area contributed by atoms with Gasteiger partial charge in [0.2, 0.25) is 17.7 Å². The van der Waals surface area contributed by atoms with Crippen molar-refractivity contribution in [2.24, 2.45) is 0 Å². The first-order chi connectivity index (χ1) is 20.3. The summed E-state index contributed by atoms with van der Waals surface area (Å²) in [4.78, 5) is 52.4. The minimum atomic E-state index is -1.29. The van der Waals surface area contributed by atoms with Crippen LogP contribution in [0.4, 0.5) is 4.39 Å². The maximum absolute atomic E-state index is 13.2. The highest BCUT2D eigenvalue weighted by Crippen LogP contribution is 2.18. The molecule has 11 nitrogen and oxygen atoms in total. The maximum Gasteiger partial charge on any atom is 0.255 e. The van der Waals surface area contributed by atoms with E-state index in [-0.39, 0.29) is 49.8 Å². The van der Waals surface area contributed by atoms with Crippen LogP contribution < -0.4 is 30.7 Å². The van der Waals surface area contributed by atoms with Crippen molar-refractivity contribution in [3.05, 3.63) is 89.7 Å². The number of aromatic hydroxyl groups is 1. The highest BCUT2D eigenvalue weighted by atomic mass is 19.1. The molecule has 0 radical (unpaired) electrons. The summed E-state index contributed by atoms with van der Waals surface area (Å²) in [7, 11) is 0. The van der Waals surface area contributed by atoms with E-state index in [1.807, 2.05) is 0 Å². The molecule has 42 heavy (non-hydrogen) atoms. The molecule has 12 heteroatoms. The van der Waals surface area contributed by atoms with Gasteiger partial charge in [-0.15, -0.1) is 0 Å². The molecule has 1 aliphatic heterocycles. The van der Waals surface area contributed by atoms with Gasteiger partial charge >= 0.3 is 0 Å². The summed E-state index contributed by atoms with van der Waals surface area (Å²) in [6.07, 6.45) is -0.343. The molecule has 0 aromatic heterocycles. The summed E-state index contributed by atoms with van der Waals surface area (Å²) in [5, 5.41) is 20.2. The van der Waals surface area contributed by atoms with Crippen molar-refractivity contribution in [3.63, 3.8) is 0 Å². The fourth-order valence-corrected chi connectivity index (χ4v) is 4.20. The van der Waals surface area contributed by atoms with Crippen molar-refractivity contribution in [2.45, 2.75) is 24.9 Å². The van der Waals surface area contributed by atoms with Crippen molar-refractivity contribution >= 4 is 23.6 Å². The van der Waals surface area contributed by atoms with Gasteiger partial charge in [0, 0.05) is 6.42 Å². The molecule has 3 aromatic rings. The van der Waals surface area contributed by atoms with Gasteiger partial charge in [-0.25, -0.2) is 4.39 Å². The number of benzene rings is 3. The van der Waals surface area contributed by atoms with Crippen molar-refractivity contribution < 1.29 is 38.1 Å². The van der Waals surface area contributed by atoms with Crippen LogP contribution in [0.2, 0.25) is 0 Å². The van der Waals surface area contributed by atoms with E-state index in [9.17, 15) is 28.7 Å². The summed E-state index contributed by atoms with van der Waals surface area (Å²) < 4.78 is 24.3. The summed E-state index contributed by atoms with van der Waals surface area (Å²) in [5.74, 6) is -2.07. The van der Waals surface area contributed by atoms with Crippen LogP contribution in [0.25, 0.3) is 0 Å². The molecule has 0 spiro atoms. The zero-order chi connectivity index (χ0) is 29.9. The molecule has 1 heterocycles. The molecule has 0 saturated carbocycles. The molecule has 4 rings (SSSR count). The van der Waals surface area contributed by atoms with E-state index in [0.717, 1.165) is 0 Å². The number of nitrogens with one attached hydrogen (secondary N) is 4. The van der Waals surface area contributed by atoms with Gasteiger partial charge in [-0.1, -0.05) is 24.3 Å². The zero-order valence-corrected chi connectivity index (χ0v) is 22.6. The number of phenols is 1. The number of carbonyl (C=O) groups excluding carboxylic acids is 4. The second-order valence-corrected chi connectivity index (χ2v) is 9.45. The quantitative estimate of drug-likeness (QED) is 0.266. The van der Waals surface area contributed by atoms with Crippen LogP contribution in [0.3, 0.4) is 0 Å². The molecule has 4 amide bonds. The highest BCUT2D eigenvalue weighted by molar-refractivity contribution is 6.01. The van der Waals surface area contributed by atoms with Crippen LogP contribution in [0.15, 0.2) is 72.8 Å². The van der Waals surface area contributed by atoms with Crippen LogP contribution in [0.1, 0.15) is 22.3 Å². The van der Waals surface area contributed by atoms with E-state index in [0.29, 0.717) is 11.3 Å². The molecule has 2 atom stereocenters. The molecular weight excluding hydrogens is 547 g/mol. The molecule has 220 valence electrons. The second kappa shape index (κ2) is 14.5. The lowest BCUT2D eigenvalue weighted by atomic mass is 10.0. The molecular formula is C30H31FN4O7. The number of para-hydroxylation sites is 1. The number of halogens is 1. The van der Waals surface area contributed by atoms with Crippen molar-refractivity contribution in [1.29, 1.82) is 0 Å². The van der Waals surface area contributed by atoms with Crippen LogP contribution in [-0.4, -0.2) is 67.1 Å². The standard InChI is InChI=1S/C30H31FN4O7/c31-20-7-11-22(12-8-20)41-15-13-32-30(40)25-18-27(37)34-24(17-19-5-9-21(36)10-6-19)29(39)33-14-16-42-26-4-2-1-3-23(26)28(38)35-25/h1-12,24-25,36H,13-18H2,(H,32,40)(H,33,39)(H,34,37)(H,35,38)/t24-,25-/m0/s1. The second-order valence-electron chi connectivity index (χ2n) is 9.45. The Kier molecular flexibility index (Phi) is 10.3. The van der Waals surface area contributed by atoms with Gasteiger partial charge in [-0.2, -0.15) is 0 Å². The van der Waals surface area contributed by atoms with E-state index < -0.39 is 48.0 Å². The lowest BCUT2D eigenvalue weighted by molar-refractivity contribution is -0.131. The van der Waals surface area contributed by atoms with Gasteiger partial charge in [-0.3, -0.25) is 19.2 Å². The Hall–Kier alpha value is -5.13. The number of ether oxygens (including phenoxy) is 2. The zero-order valence-electron chi connectivity index (χ0n) is 22.6. The van der Waals surface area contributed by atoms with E-state index >= 15 is 0 Å². The van der Waals surface area contributed by atoms with Crippen LogP contribution >= 0.6 is 0 Å². The number of rotatable bonds is 7. The summed E-state index contributed by atoms with van der Waals surface area (Å²) in [5.41, 5.74) is 0.840. The van der Waals surface area contributed by atoms with Crippen molar-refractivity contribution in [3.8, 4) is 17.2 Å². The van der Waals surface area contributed by atoms with Crippen molar-refractivity contribution in [1.82, 2.24) is 21.3 Å². The molecule has 5 N–H and O–H groups in total. The van der Waals surface area contributed by atoms with E-state index in [1.165, 1.54) is 42.5 Å². The molecule has 0 unspecified atom stereocenters. The minimum absolute atomic E-state index is 0.0375. The van der Waals surface area contributed by atoms with Crippen molar-refractivity contribution in [2.75, 3.05) is 26.3 Å². The average Bonchev–Trinajstić information content (AvgIpc) is 2.98. The first-order valence-corrected chi connectivity index (χ1v) is 13.3. The highest BCUT2D eigenvalue weighted by Gasteiger charge is 2.28. The van der Waals surface area contributed by atoms with Crippen LogP contribution in [0.5, 0.6) is 17.2 Å². The number of phenolic OH excluding ortho intramolecular Hbond substituents is 1. The predicted molar refractivity (Wildman–Crippen MR) is 149 cm³/mol. The van der Waals surface area contributed by atoms with E-state index in [1.54, 1.807) is 30.3 Å². The fraction of sp³-hybridized carbons (Fsp3) is 0.267. The SMILES string of the molecule is O=C1C[C@@H](C(=O)NCCOc2ccc(F)cc2)NC(=O)c2ccccc2OCCNC(=O)[C@H](Cc2ccc(O)cc2)N1. The Morgan fingerprint density at radius 2 is 1.74 bits per heavy atom. The molecule has 3 aromatic carbocycles. The lowest BCUT2D eigenvalue weighted by Gasteiger charge is -2.23. The number of carbonyl (C=O) groups is 4. The molecule has 0 bridgehead atoms. The Morgan fingerprint density at radius 1 is 1.00 bits per heavy atom. The third-order valence-electron chi connectivity index (χ3n) is 6.31. The molecule has 0 fully saturated rings. The van der Waals surface area contributed by atoms with Gasteiger partial charge in [0.15, 0.2) is 0 Å². The van der Waals surface area contributed by atoms with E-state index in [2.05, 4.69) is 21.3 Å². The Balaban J connectivity index is 1.49. The number of hydrogen-bond acceptors (Lipinski definition) is 7. The lowest BCUT2D eigenvalue weighted by Crippen LogP contribution is -2.53. The normalized spacial score (nSPS) is 17.8. The number of amides is 4. The van der Waals surface area contributed by atoms with Gasteiger partial charge in [0.25, 0.3) is 5.91 Å². The molecule has 0 aliphatic carbocycles. The average molecular weight is 579 g/mol. The summed E-state index contributed by atoms with van der Waals surface area (Å²) in [6, 6.07) is 15.7. The monoisotopic (exact) mass is 578 g/mol.